The number of aryl methyl sites for hydroxylation is 2. The van der Waals surface area contributed by atoms with Crippen molar-refractivity contribution in [1.29, 1.82) is 0 Å². The number of nitrogens with one attached hydrogen (secondary N) is 1. The topological polar surface area (TPSA) is 72.5 Å². The Kier molecular flexibility index (Phi) is 6.88. The minimum Gasteiger partial charge on any atom is -0.463 e. The van der Waals surface area contributed by atoms with E-state index in [1.807, 2.05) is 32.0 Å². The fraction of sp³-hybridized carbons (Fsp3) is 0.318. The van der Waals surface area contributed by atoms with Crippen LogP contribution in [0.25, 0.3) is 0 Å². The maximum absolute atomic E-state index is 13.0. The van der Waals surface area contributed by atoms with Crippen LogP contribution in [0.5, 0.6) is 0 Å². The number of benzene rings is 2. The average Bonchev–Trinajstić information content (AvgIpc) is 2.62. The molecule has 27 heavy (non-hydrogen) atoms. The smallest absolute Gasteiger partial charge is 0.307 e. The molecule has 0 bridgehead atoms. The van der Waals surface area contributed by atoms with E-state index in [9.17, 15) is 14.4 Å². The molecule has 2 aromatic rings. The second-order valence-electron chi connectivity index (χ2n) is 6.74. The van der Waals surface area contributed by atoms with Crippen molar-refractivity contribution in [2.75, 3.05) is 6.54 Å². The molecular formula is C22H25NO4. The van der Waals surface area contributed by atoms with Gasteiger partial charge in [0.25, 0.3) is 5.91 Å². The van der Waals surface area contributed by atoms with E-state index < -0.39 is 0 Å². The summed E-state index contributed by atoms with van der Waals surface area (Å²) in [5.74, 6) is -0.951. The van der Waals surface area contributed by atoms with Crippen LogP contribution >= 0.6 is 0 Å². The van der Waals surface area contributed by atoms with Crippen LogP contribution in [0, 0.1) is 13.8 Å². The molecule has 0 saturated heterocycles. The van der Waals surface area contributed by atoms with Gasteiger partial charge in [-0.1, -0.05) is 35.9 Å². The van der Waals surface area contributed by atoms with Crippen molar-refractivity contribution in [3.8, 4) is 0 Å². The third-order valence-electron chi connectivity index (χ3n) is 4.04. The molecule has 0 spiro atoms. The van der Waals surface area contributed by atoms with Gasteiger partial charge >= 0.3 is 5.97 Å². The monoisotopic (exact) mass is 367 g/mol. The van der Waals surface area contributed by atoms with Gasteiger partial charge in [0, 0.05) is 17.7 Å². The molecule has 5 nitrogen and oxygen atoms in total. The molecule has 0 unspecified atom stereocenters. The molecule has 0 aliphatic heterocycles. The Labute approximate surface area is 159 Å². The summed E-state index contributed by atoms with van der Waals surface area (Å²) in [7, 11) is 0. The number of hydrogen-bond donors (Lipinski definition) is 1. The van der Waals surface area contributed by atoms with Gasteiger partial charge in [0.1, 0.15) is 0 Å². The Morgan fingerprint density at radius 1 is 0.963 bits per heavy atom. The lowest BCUT2D eigenvalue weighted by molar-refractivity contribution is -0.147. The number of hydrogen-bond acceptors (Lipinski definition) is 4. The van der Waals surface area contributed by atoms with Gasteiger partial charge in [0.05, 0.1) is 18.1 Å². The number of carbonyl (C=O) groups excluding carboxylic acids is 3. The lowest BCUT2D eigenvalue weighted by Crippen LogP contribution is -2.28. The van der Waals surface area contributed by atoms with Crippen molar-refractivity contribution >= 4 is 17.7 Å². The highest BCUT2D eigenvalue weighted by Gasteiger charge is 2.19. The van der Waals surface area contributed by atoms with Crippen LogP contribution in [0.1, 0.15) is 57.7 Å². The third-order valence-corrected chi connectivity index (χ3v) is 4.04. The van der Waals surface area contributed by atoms with Crippen LogP contribution in [-0.4, -0.2) is 30.3 Å². The Morgan fingerprint density at radius 2 is 1.63 bits per heavy atom. The summed E-state index contributed by atoms with van der Waals surface area (Å²) in [5.41, 5.74) is 3.05. The zero-order chi connectivity index (χ0) is 20.0. The molecule has 0 radical (unpaired) electrons. The summed E-state index contributed by atoms with van der Waals surface area (Å²) in [4.78, 5) is 37.1. The number of carbonyl (C=O) groups is 3. The summed E-state index contributed by atoms with van der Waals surface area (Å²) in [6.45, 7) is 7.48. The van der Waals surface area contributed by atoms with Crippen molar-refractivity contribution in [1.82, 2.24) is 5.32 Å². The number of ether oxygens (including phenoxy) is 1. The fourth-order valence-corrected chi connectivity index (χ4v) is 2.70. The quantitative estimate of drug-likeness (QED) is 0.599. The van der Waals surface area contributed by atoms with E-state index in [0.29, 0.717) is 16.7 Å². The van der Waals surface area contributed by atoms with Gasteiger partial charge < -0.3 is 10.1 Å². The van der Waals surface area contributed by atoms with Crippen LogP contribution in [0.4, 0.5) is 0 Å². The first kappa shape index (κ1) is 20.4. The van der Waals surface area contributed by atoms with Gasteiger partial charge in [-0.05, 0) is 45.4 Å². The maximum atomic E-state index is 13.0. The van der Waals surface area contributed by atoms with E-state index in [-0.39, 0.29) is 36.7 Å². The standard InChI is InChI=1S/C22H25NO4/c1-14(2)27-20(24)11-12-23-22(26)18-8-6-5-7-17(18)21(25)19-13-15(3)9-10-16(19)4/h5-10,13-14H,11-12H2,1-4H3,(H,23,26). The number of amides is 1. The van der Waals surface area contributed by atoms with Crippen molar-refractivity contribution < 1.29 is 19.1 Å². The SMILES string of the molecule is Cc1ccc(C)c(C(=O)c2ccccc2C(=O)NCCC(=O)OC(C)C)c1. The molecule has 0 aliphatic carbocycles. The zero-order valence-corrected chi connectivity index (χ0v) is 16.2. The average molecular weight is 367 g/mol. The van der Waals surface area contributed by atoms with E-state index in [1.54, 1.807) is 38.1 Å². The van der Waals surface area contributed by atoms with Gasteiger partial charge in [0.15, 0.2) is 5.78 Å². The molecule has 0 aromatic heterocycles. The van der Waals surface area contributed by atoms with Gasteiger partial charge in [-0.25, -0.2) is 0 Å². The van der Waals surface area contributed by atoms with E-state index in [2.05, 4.69) is 5.32 Å². The predicted molar refractivity (Wildman–Crippen MR) is 104 cm³/mol. The van der Waals surface area contributed by atoms with Crippen LogP contribution in [0.2, 0.25) is 0 Å². The molecular weight excluding hydrogens is 342 g/mol. The molecule has 0 fully saturated rings. The highest BCUT2D eigenvalue weighted by atomic mass is 16.5. The Balaban J connectivity index is 2.15. The lowest BCUT2D eigenvalue weighted by Gasteiger charge is -2.12. The maximum Gasteiger partial charge on any atom is 0.307 e. The molecule has 0 heterocycles. The minimum atomic E-state index is -0.387. The fourth-order valence-electron chi connectivity index (χ4n) is 2.70. The summed E-state index contributed by atoms with van der Waals surface area (Å²) in [5, 5.41) is 2.68. The van der Waals surface area contributed by atoms with E-state index in [4.69, 9.17) is 4.74 Å². The highest BCUT2D eigenvalue weighted by Crippen LogP contribution is 2.19. The second-order valence-corrected chi connectivity index (χ2v) is 6.74. The van der Waals surface area contributed by atoms with Crippen molar-refractivity contribution in [3.05, 3.63) is 70.3 Å². The molecule has 2 aromatic carbocycles. The normalized spacial score (nSPS) is 10.6. The van der Waals surface area contributed by atoms with Gasteiger partial charge in [0.2, 0.25) is 0 Å². The predicted octanol–water partition coefficient (Wildman–Crippen LogP) is 3.61. The van der Waals surface area contributed by atoms with Gasteiger partial charge in [-0.3, -0.25) is 14.4 Å². The molecule has 0 atom stereocenters. The van der Waals surface area contributed by atoms with Crippen molar-refractivity contribution in [2.24, 2.45) is 0 Å². The van der Waals surface area contributed by atoms with Gasteiger partial charge in [-0.2, -0.15) is 0 Å². The summed E-state index contributed by atoms with van der Waals surface area (Å²) >= 11 is 0. The molecule has 2 rings (SSSR count). The zero-order valence-electron chi connectivity index (χ0n) is 16.2. The third kappa shape index (κ3) is 5.51. The first-order chi connectivity index (χ1) is 12.8. The number of ketones is 1. The summed E-state index contributed by atoms with van der Waals surface area (Å²) in [6, 6.07) is 12.4. The van der Waals surface area contributed by atoms with Crippen LogP contribution in [0.15, 0.2) is 42.5 Å². The van der Waals surface area contributed by atoms with Crippen LogP contribution in [0.3, 0.4) is 0 Å². The van der Waals surface area contributed by atoms with E-state index in [1.165, 1.54) is 0 Å². The van der Waals surface area contributed by atoms with Crippen molar-refractivity contribution in [2.45, 2.75) is 40.2 Å². The highest BCUT2D eigenvalue weighted by molar-refractivity contribution is 6.16. The Hall–Kier alpha value is -2.95. The number of esters is 1. The van der Waals surface area contributed by atoms with Crippen LogP contribution < -0.4 is 5.32 Å². The largest absolute Gasteiger partial charge is 0.463 e. The molecule has 1 amide bonds. The Morgan fingerprint density at radius 3 is 2.30 bits per heavy atom. The molecule has 0 aliphatic rings. The van der Waals surface area contributed by atoms with E-state index >= 15 is 0 Å². The minimum absolute atomic E-state index is 0.0804. The first-order valence-corrected chi connectivity index (χ1v) is 8.98. The first-order valence-electron chi connectivity index (χ1n) is 8.98. The van der Waals surface area contributed by atoms with E-state index in [0.717, 1.165) is 11.1 Å². The second kappa shape index (κ2) is 9.12. The molecule has 142 valence electrons. The number of rotatable bonds is 7. The molecule has 5 heteroatoms. The molecule has 0 saturated carbocycles. The molecule has 1 N–H and O–H groups in total. The van der Waals surface area contributed by atoms with Crippen LogP contribution in [-0.2, 0) is 9.53 Å². The summed E-state index contributed by atoms with van der Waals surface area (Å²) in [6.07, 6.45) is -0.110. The van der Waals surface area contributed by atoms with Crippen molar-refractivity contribution in [3.63, 3.8) is 0 Å². The van der Waals surface area contributed by atoms with Gasteiger partial charge in [-0.15, -0.1) is 0 Å². The summed E-state index contributed by atoms with van der Waals surface area (Å²) < 4.78 is 5.04. The Bertz CT molecular complexity index is 855. The lowest BCUT2D eigenvalue weighted by atomic mass is 9.94.